The van der Waals surface area contributed by atoms with E-state index in [1.165, 1.54) is 36.0 Å². The van der Waals surface area contributed by atoms with Crippen molar-refractivity contribution in [3.63, 3.8) is 0 Å². The van der Waals surface area contributed by atoms with Gasteiger partial charge in [0.25, 0.3) is 5.91 Å². The number of halogens is 1. The number of carbonyl (C=O) groups is 2. The van der Waals surface area contributed by atoms with Gasteiger partial charge in [-0.05, 0) is 44.4 Å². The molecule has 3 heterocycles. The highest BCUT2D eigenvalue weighted by Gasteiger charge is 2.24. The van der Waals surface area contributed by atoms with Gasteiger partial charge < -0.3 is 15.3 Å². The Hall–Kier alpha value is -3.33. The lowest BCUT2D eigenvalue weighted by molar-refractivity contribution is 0.0699. The first-order valence-electron chi connectivity index (χ1n) is 9.94. The first kappa shape index (κ1) is 20.9. The molecule has 9 heteroatoms. The highest BCUT2D eigenvalue weighted by molar-refractivity contribution is 7.14. The van der Waals surface area contributed by atoms with Crippen LogP contribution >= 0.6 is 11.3 Å². The molecule has 2 N–H and O–H groups in total. The minimum absolute atomic E-state index is 0.0350. The topological polar surface area (TPSA) is 95.4 Å². The monoisotopic (exact) mass is 440 g/mol. The van der Waals surface area contributed by atoms with Crippen molar-refractivity contribution in [2.45, 2.75) is 26.2 Å². The molecule has 3 aromatic rings. The van der Waals surface area contributed by atoms with Crippen molar-refractivity contribution in [3.05, 3.63) is 58.5 Å². The fraction of sp³-hybridized carbons (Fsp3) is 0.273. The van der Waals surface area contributed by atoms with Crippen LogP contribution in [0.25, 0.3) is 10.4 Å². The van der Waals surface area contributed by atoms with Crippen molar-refractivity contribution in [1.29, 1.82) is 0 Å². The second-order valence-electron chi connectivity index (χ2n) is 7.34. The number of aryl methyl sites for hydroxylation is 1. The Balaban J connectivity index is 1.64. The predicted molar refractivity (Wildman–Crippen MR) is 117 cm³/mol. The number of amides is 1. The molecule has 4 rings (SSSR count). The molecule has 0 atom stereocenters. The van der Waals surface area contributed by atoms with Gasteiger partial charge in [-0.25, -0.2) is 19.2 Å². The highest BCUT2D eigenvalue weighted by atomic mass is 32.1. The average molecular weight is 441 g/mol. The number of carboxylic acid groups (broad SMARTS) is 1. The van der Waals surface area contributed by atoms with Gasteiger partial charge in [-0.1, -0.05) is 6.07 Å². The highest BCUT2D eigenvalue weighted by Crippen LogP contribution is 2.37. The van der Waals surface area contributed by atoms with Crippen LogP contribution in [0.5, 0.6) is 0 Å². The Morgan fingerprint density at radius 3 is 2.68 bits per heavy atom. The molecular formula is C22H21FN4O3S. The third-order valence-corrected chi connectivity index (χ3v) is 6.20. The molecule has 1 aromatic carbocycles. The largest absolute Gasteiger partial charge is 0.478 e. The number of benzene rings is 1. The van der Waals surface area contributed by atoms with Crippen LogP contribution in [-0.2, 0) is 0 Å². The van der Waals surface area contributed by atoms with Crippen molar-refractivity contribution in [2.75, 3.05) is 23.3 Å². The molecule has 0 saturated carbocycles. The molecule has 0 bridgehead atoms. The quantitative estimate of drug-likeness (QED) is 0.602. The van der Waals surface area contributed by atoms with E-state index >= 15 is 0 Å². The number of carbonyl (C=O) groups excluding carboxylic acids is 1. The van der Waals surface area contributed by atoms with E-state index in [1.54, 1.807) is 11.6 Å². The number of carboxylic acids is 1. The first-order chi connectivity index (χ1) is 14.9. The number of thiophene rings is 1. The van der Waals surface area contributed by atoms with Gasteiger partial charge in [-0.3, -0.25) is 4.79 Å². The summed E-state index contributed by atoms with van der Waals surface area (Å²) in [4.78, 5) is 36.2. The summed E-state index contributed by atoms with van der Waals surface area (Å²) in [5.41, 5.74) is 1.50. The number of hydrogen-bond donors (Lipinski definition) is 2. The summed E-state index contributed by atoms with van der Waals surface area (Å²) in [6.07, 6.45) is 5.05. The smallest absolute Gasteiger partial charge is 0.339 e. The Morgan fingerprint density at radius 2 is 2.00 bits per heavy atom. The standard InChI is InChI=1S/C22H21FN4O3S/c1-13-16(11-24-22(25-13)27-8-3-2-4-9-27)19-18(21(29)30)17(12-31-19)26-20(28)14-6-5-7-15(23)10-14/h5-7,10-12H,2-4,8-9H2,1H3,(H,26,28)(H,29,30). The summed E-state index contributed by atoms with van der Waals surface area (Å²) in [7, 11) is 0. The maximum Gasteiger partial charge on any atom is 0.339 e. The second-order valence-corrected chi connectivity index (χ2v) is 8.22. The fourth-order valence-corrected chi connectivity index (χ4v) is 4.66. The maximum absolute atomic E-state index is 13.4. The molecule has 7 nitrogen and oxygen atoms in total. The number of nitrogens with one attached hydrogen (secondary N) is 1. The zero-order chi connectivity index (χ0) is 22.0. The van der Waals surface area contributed by atoms with E-state index in [0.29, 0.717) is 22.1 Å². The van der Waals surface area contributed by atoms with Crippen LogP contribution in [-0.4, -0.2) is 40.0 Å². The van der Waals surface area contributed by atoms with Gasteiger partial charge in [-0.15, -0.1) is 11.3 Å². The second kappa shape index (κ2) is 8.81. The predicted octanol–water partition coefficient (Wildman–Crippen LogP) is 4.59. The molecule has 1 aliphatic heterocycles. The molecule has 0 aliphatic carbocycles. The van der Waals surface area contributed by atoms with E-state index in [2.05, 4.69) is 20.2 Å². The first-order valence-corrected chi connectivity index (χ1v) is 10.8. The SMILES string of the molecule is Cc1nc(N2CCCCC2)ncc1-c1scc(NC(=O)c2cccc(F)c2)c1C(=O)O. The van der Waals surface area contributed by atoms with Gasteiger partial charge in [-0.2, -0.15) is 0 Å². The number of piperidine rings is 1. The van der Waals surface area contributed by atoms with Crippen LogP contribution in [0.15, 0.2) is 35.8 Å². The summed E-state index contributed by atoms with van der Waals surface area (Å²) in [6.45, 7) is 3.64. The average Bonchev–Trinajstić information content (AvgIpc) is 3.17. The van der Waals surface area contributed by atoms with Crippen molar-refractivity contribution in [1.82, 2.24) is 9.97 Å². The number of rotatable bonds is 5. The van der Waals surface area contributed by atoms with Gasteiger partial charge in [0, 0.05) is 35.8 Å². The Labute approximate surface area is 182 Å². The minimum Gasteiger partial charge on any atom is -0.478 e. The van der Waals surface area contributed by atoms with E-state index in [4.69, 9.17) is 0 Å². The molecule has 31 heavy (non-hydrogen) atoms. The van der Waals surface area contributed by atoms with Crippen LogP contribution in [0.1, 0.15) is 45.7 Å². The summed E-state index contributed by atoms with van der Waals surface area (Å²) in [6, 6.07) is 5.22. The normalized spacial score (nSPS) is 13.8. The lowest BCUT2D eigenvalue weighted by Gasteiger charge is -2.26. The van der Waals surface area contributed by atoms with Crippen LogP contribution < -0.4 is 10.2 Å². The number of aromatic carboxylic acids is 1. The van der Waals surface area contributed by atoms with Crippen molar-refractivity contribution in [2.24, 2.45) is 0 Å². The van der Waals surface area contributed by atoms with Crippen molar-refractivity contribution >= 4 is 34.8 Å². The molecule has 2 aromatic heterocycles. The van der Waals surface area contributed by atoms with Gasteiger partial charge in [0.05, 0.1) is 16.3 Å². The molecule has 1 amide bonds. The van der Waals surface area contributed by atoms with E-state index in [9.17, 15) is 19.1 Å². The minimum atomic E-state index is -1.18. The lowest BCUT2D eigenvalue weighted by Crippen LogP contribution is -2.31. The fourth-order valence-electron chi connectivity index (χ4n) is 3.61. The maximum atomic E-state index is 13.4. The van der Waals surface area contributed by atoms with Crippen LogP contribution in [0, 0.1) is 12.7 Å². The van der Waals surface area contributed by atoms with Crippen LogP contribution in [0.2, 0.25) is 0 Å². The zero-order valence-corrected chi connectivity index (χ0v) is 17.7. The van der Waals surface area contributed by atoms with Gasteiger partial charge >= 0.3 is 5.97 Å². The summed E-state index contributed by atoms with van der Waals surface area (Å²) in [5, 5.41) is 14.0. The summed E-state index contributed by atoms with van der Waals surface area (Å²) < 4.78 is 13.4. The molecular weight excluding hydrogens is 419 g/mol. The third-order valence-electron chi connectivity index (χ3n) is 5.19. The molecule has 0 spiro atoms. The van der Waals surface area contributed by atoms with Crippen molar-refractivity contribution < 1.29 is 19.1 Å². The van der Waals surface area contributed by atoms with E-state index < -0.39 is 17.7 Å². The number of aromatic nitrogens is 2. The third kappa shape index (κ3) is 4.41. The van der Waals surface area contributed by atoms with Crippen molar-refractivity contribution in [3.8, 4) is 10.4 Å². The number of nitrogens with zero attached hydrogens (tertiary/aromatic N) is 3. The van der Waals surface area contributed by atoms with E-state index in [1.807, 2.05) is 6.92 Å². The van der Waals surface area contributed by atoms with Gasteiger partial charge in [0.2, 0.25) is 5.95 Å². The Bertz CT molecular complexity index is 1140. The molecule has 1 aliphatic rings. The van der Waals surface area contributed by atoms with E-state index in [-0.39, 0.29) is 16.8 Å². The van der Waals surface area contributed by atoms with Crippen LogP contribution in [0.3, 0.4) is 0 Å². The summed E-state index contributed by atoms with van der Waals surface area (Å²) >= 11 is 1.19. The van der Waals surface area contributed by atoms with Gasteiger partial charge in [0.1, 0.15) is 11.4 Å². The van der Waals surface area contributed by atoms with Crippen LogP contribution in [0.4, 0.5) is 16.0 Å². The van der Waals surface area contributed by atoms with E-state index in [0.717, 1.165) is 32.0 Å². The molecule has 0 unspecified atom stereocenters. The molecule has 0 radical (unpaired) electrons. The lowest BCUT2D eigenvalue weighted by atomic mass is 10.1. The molecule has 160 valence electrons. The molecule has 1 saturated heterocycles. The summed E-state index contributed by atoms with van der Waals surface area (Å²) in [5.74, 6) is -1.65. The van der Waals surface area contributed by atoms with Gasteiger partial charge in [0.15, 0.2) is 0 Å². The zero-order valence-electron chi connectivity index (χ0n) is 16.9. The Morgan fingerprint density at radius 1 is 1.23 bits per heavy atom. The molecule has 1 fully saturated rings. The Kier molecular flexibility index (Phi) is 5.94. The number of anilines is 2. The number of hydrogen-bond acceptors (Lipinski definition) is 6.